The fourth-order valence-corrected chi connectivity index (χ4v) is 3.34. The molecule has 116 valence electrons. The van der Waals surface area contributed by atoms with E-state index in [1.54, 1.807) is 0 Å². The molecule has 2 unspecified atom stereocenters. The quantitative estimate of drug-likeness (QED) is 0.739. The van der Waals surface area contributed by atoms with Crippen LogP contribution in [0.3, 0.4) is 0 Å². The standard InChI is InChI=1S/C16H32N4/c1-6-20(11-7-10-19(4)5)15-8-9-16(12-15,13-17)18-14(2)3/h14-15,18H,6-12H2,1-5H3. The molecule has 1 rings (SSSR count). The first kappa shape index (κ1) is 17.4. The third-order valence-corrected chi connectivity index (χ3v) is 4.24. The molecule has 0 spiro atoms. The van der Waals surface area contributed by atoms with Gasteiger partial charge in [0, 0.05) is 12.1 Å². The minimum absolute atomic E-state index is 0.298. The van der Waals surface area contributed by atoms with Gasteiger partial charge in [0.1, 0.15) is 5.54 Å². The Labute approximate surface area is 125 Å². The van der Waals surface area contributed by atoms with Crippen LogP contribution in [0.1, 0.15) is 46.5 Å². The second kappa shape index (κ2) is 7.97. The van der Waals surface area contributed by atoms with E-state index in [0.717, 1.165) is 38.9 Å². The van der Waals surface area contributed by atoms with E-state index in [-0.39, 0.29) is 5.54 Å². The lowest BCUT2D eigenvalue weighted by Gasteiger charge is -2.30. The van der Waals surface area contributed by atoms with Crippen LogP contribution in [-0.2, 0) is 0 Å². The molecular weight excluding hydrogens is 248 g/mol. The first-order valence-corrected chi connectivity index (χ1v) is 8.00. The Morgan fingerprint density at radius 3 is 2.55 bits per heavy atom. The van der Waals surface area contributed by atoms with Gasteiger partial charge >= 0.3 is 0 Å². The molecule has 1 fully saturated rings. The Morgan fingerprint density at radius 1 is 1.35 bits per heavy atom. The Kier molecular flexibility index (Phi) is 6.94. The number of rotatable bonds is 8. The summed E-state index contributed by atoms with van der Waals surface area (Å²) in [7, 11) is 4.25. The third kappa shape index (κ3) is 5.05. The van der Waals surface area contributed by atoms with E-state index >= 15 is 0 Å². The van der Waals surface area contributed by atoms with E-state index in [1.807, 2.05) is 0 Å². The molecule has 0 aliphatic heterocycles. The van der Waals surface area contributed by atoms with E-state index in [9.17, 15) is 5.26 Å². The smallest absolute Gasteiger partial charge is 0.108 e. The summed E-state index contributed by atoms with van der Waals surface area (Å²) in [5, 5.41) is 13.0. The average Bonchev–Trinajstić information content (AvgIpc) is 2.78. The normalized spacial score (nSPS) is 26.6. The zero-order valence-corrected chi connectivity index (χ0v) is 13.9. The fourth-order valence-electron chi connectivity index (χ4n) is 3.34. The van der Waals surface area contributed by atoms with Crippen molar-refractivity contribution >= 4 is 0 Å². The van der Waals surface area contributed by atoms with Crippen molar-refractivity contribution < 1.29 is 0 Å². The molecule has 0 aromatic carbocycles. The molecule has 0 aromatic rings. The highest BCUT2D eigenvalue weighted by atomic mass is 15.2. The minimum atomic E-state index is -0.298. The van der Waals surface area contributed by atoms with Crippen LogP contribution >= 0.6 is 0 Å². The molecule has 1 aliphatic rings. The van der Waals surface area contributed by atoms with Gasteiger partial charge in [0.2, 0.25) is 0 Å². The van der Waals surface area contributed by atoms with Gasteiger partial charge in [0.15, 0.2) is 0 Å². The van der Waals surface area contributed by atoms with Gasteiger partial charge in [0.05, 0.1) is 6.07 Å². The van der Waals surface area contributed by atoms with Crippen LogP contribution in [0.5, 0.6) is 0 Å². The lowest BCUT2D eigenvalue weighted by molar-refractivity contribution is 0.191. The molecule has 4 nitrogen and oxygen atoms in total. The van der Waals surface area contributed by atoms with Gasteiger partial charge in [-0.15, -0.1) is 0 Å². The second-order valence-electron chi connectivity index (χ2n) is 6.67. The molecule has 2 atom stereocenters. The van der Waals surface area contributed by atoms with Crippen molar-refractivity contribution in [2.45, 2.75) is 64.1 Å². The van der Waals surface area contributed by atoms with Crippen molar-refractivity contribution in [2.75, 3.05) is 33.7 Å². The van der Waals surface area contributed by atoms with Crippen molar-refractivity contribution in [3.05, 3.63) is 0 Å². The molecule has 0 saturated heterocycles. The zero-order chi connectivity index (χ0) is 15.2. The molecule has 0 radical (unpaired) electrons. The first-order valence-electron chi connectivity index (χ1n) is 8.00. The molecule has 0 heterocycles. The van der Waals surface area contributed by atoms with E-state index in [0.29, 0.717) is 12.1 Å². The molecule has 0 bridgehead atoms. The monoisotopic (exact) mass is 280 g/mol. The van der Waals surface area contributed by atoms with Gasteiger partial charge in [-0.05, 0) is 73.3 Å². The Morgan fingerprint density at radius 2 is 2.05 bits per heavy atom. The number of nitrogens with one attached hydrogen (secondary N) is 1. The van der Waals surface area contributed by atoms with Crippen molar-refractivity contribution in [2.24, 2.45) is 0 Å². The van der Waals surface area contributed by atoms with E-state index < -0.39 is 0 Å². The van der Waals surface area contributed by atoms with Gasteiger partial charge < -0.3 is 9.80 Å². The maximum absolute atomic E-state index is 9.55. The number of nitriles is 1. The summed E-state index contributed by atoms with van der Waals surface area (Å²) < 4.78 is 0. The predicted molar refractivity (Wildman–Crippen MR) is 84.7 cm³/mol. The lowest BCUT2D eigenvalue weighted by Crippen LogP contribution is -2.47. The lowest BCUT2D eigenvalue weighted by atomic mass is 9.98. The van der Waals surface area contributed by atoms with Crippen molar-refractivity contribution in [1.82, 2.24) is 15.1 Å². The van der Waals surface area contributed by atoms with Crippen LogP contribution in [-0.4, -0.2) is 61.2 Å². The highest BCUT2D eigenvalue weighted by molar-refractivity contribution is 5.13. The van der Waals surface area contributed by atoms with Gasteiger partial charge in [-0.3, -0.25) is 5.32 Å². The summed E-state index contributed by atoms with van der Waals surface area (Å²) in [6.45, 7) is 9.85. The Balaban J connectivity index is 2.53. The summed E-state index contributed by atoms with van der Waals surface area (Å²) in [6.07, 6.45) is 4.30. The van der Waals surface area contributed by atoms with Gasteiger partial charge in [-0.25, -0.2) is 0 Å². The van der Waals surface area contributed by atoms with E-state index in [4.69, 9.17) is 0 Å². The molecule has 4 heteroatoms. The maximum atomic E-state index is 9.55. The first-order chi connectivity index (χ1) is 9.42. The van der Waals surface area contributed by atoms with Crippen molar-refractivity contribution in [1.29, 1.82) is 5.26 Å². The van der Waals surface area contributed by atoms with Crippen LogP contribution < -0.4 is 5.32 Å². The summed E-state index contributed by atoms with van der Waals surface area (Å²) >= 11 is 0. The predicted octanol–water partition coefficient (Wildman–Crippen LogP) is 2.07. The Hall–Kier alpha value is -0.630. The van der Waals surface area contributed by atoms with Crippen LogP contribution in [0.25, 0.3) is 0 Å². The molecule has 0 amide bonds. The minimum Gasteiger partial charge on any atom is -0.309 e. The molecule has 1 aliphatic carbocycles. The van der Waals surface area contributed by atoms with Gasteiger partial charge in [-0.2, -0.15) is 5.26 Å². The molecule has 1 saturated carbocycles. The highest BCUT2D eigenvalue weighted by Gasteiger charge is 2.41. The van der Waals surface area contributed by atoms with Crippen LogP contribution in [0, 0.1) is 11.3 Å². The molecular formula is C16H32N4. The summed E-state index contributed by atoms with van der Waals surface area (Å²) in [4.78, 5) is 4.80. The SMILES string of the molecule is CCN(CCCN(C)C)C1CCC(C#N)(NC(C)C)C1. The zero-order valence-electron chi connectivity index (χ0n) is 13.9. The van der Waals surface area contributed by atoms with Crippen LogP contribution in [0.4, 0.5) is 0 Å². The van der Waals surface area contributed by atoms with Crippen LogP contribution in [0.2, 0.25) is 0 Å². The van der Waals surface area contributed by atoms with E-state index in [1.165, 1.54) is 6.42 Å². The van der Waals surface area contributed by atoms with Gasteiger partial charge in [-0.1, -0.05) is 6.92 Å². The maximum Gasteiger partial charge on any atom is 0.108 e. The highest BCUT2D eigenvalue weighted by Crippen LogP contribution is 2.33. The number of nitrogens with zero attached hydrogens (tertiary/aromatic N) is 3. The summed E-state index contributed by atoms with van der Waals surface area (Å²) in [6, 6.07) is 3.48. The third-order valence-electron chi connectivity index (χ3n) is 4.24. The fraction of sp³-hybridized carbons (Fsp3) is 0.938. The molecule has 20 heavy (non-hydrogen) atoms. The van der Waals surface area contributed by atoms with E-state index in [2.05, 4.69) is 56.1 Å². The molecule has 0 aromatic heterocycles. The topological polar surface area (TPSA) is 42.3 Å². The van der Waals surface area contributed by atoms with Crippen molar-refractivity contribution in [3.8, 4) is 6.07 Å². The summed E-state index contributed by atoms with van der Waals surface area (Å²) in [5.74, 6) is 0. The second-order valence-corrected chi connectivity index (χ2v) is 6.67. The number of hydrogen-bond donors (Lipinski definition) is 1. The number of hydrogen-bond acceptors (Lipinski definition) is 4. The largest absolute Gasteiger partial charge is 0.309 e. The summed E-state index contributed by atoms with van der Waals surface area (Å²) in [5.41, 5.74) is -0.298. The average molecular weight is 280 g/mol. The Bertz CT molecular complexity index is 321. The van der Waals surface area contributed by atoms with Gasteiger partial charge in [0.25, 0.3) is 0 Å². The van der Waals surface area contributed by atoms with Crippen LogP contribution in [0.15, 0.2) is 0 Å². The molecule has 1 N–H and O–H groups in total. The van der Waals surface area contributed by atoms with Crippen molar-refractivity contribution in [3.63, 3.8) is 0 Å².